The maximum Gasteiger partial charge on any atom is 0.131 e. The molecule has 0 saturated carbocycles. The number of methoxy groups -OCH3 is 1. The molecule has 0 saturated heterocycles. The Balaban J connectivity index is 2.34. The van der Waals surface area contributed by atoms with Gasteiger partial charge in [-0.1, -0.05) is 13.0 Å². The largest absolute Gasteiger partial charge is 0.496 e. The molecule has 2 aromatic rings. The highest BCUT2D eigenvalue weighted by Crippen LogP contribution is 2.33. The molecule has 0 radical (unpaired) electrons. The van der Waals surface area contributed by atoms with Crippen molar-refractivity contribution < 1.29 is 9.13 Å². The minimum absolute atomic E-state index is 0.101. The van der Waals surface area contributed by atoms with E-state index in [1.165, 1.54) is 10.9 Å². The zero-order chi connectivity index (χ0) is 15.2. The van der Waals surface area contributed by atoms with E-state index in [-0.39, 0.29) is 11.9 Å². The number of benzene rings is 1. The summed E-state index contributed by atoms with van der Waals surface area (Å²) in [4.78, 5) is 1.20. The van der Waals surface area contributed by atoms with Gasteiger partial charge in [0.25, 0.3) is 0 Å². The van der Waals surface area contributed by atoms with Crippen molar-refractivity contribution in [2.45, 2.75) is 25.8 Å². The fourth-order valence-corrected chi connectivity index (χ4v) is 3.85. The number of nitrogens with one attached hydrogen (secondary N) is 1. The van der Waals surface area contributed by atoms with E-state index < -0.39 is 0 Å². The van der Waals surface area contributed by atoms with Crippen LogP contribution < -0.4 is 10.1 Å². The molecule has 0 bridgehead atoms. The summed E-state index contributed by atoms with van der Waals surface area (Å²) < 4.78 is 20.7. The molecule has 0 aliphatic rings. The summed E-state index contributed by atoms with van der Waals surface area (Å²) in [5.41, 5.74) is 0.605. The van der Waals surface area contributed by atoms with Gasteiger partial charge in [-0.3, -0.25) is 0 Å². The first-order valence-corrected chi connectivity index (χ1v) is 8.62. The molecule has 21 heavy (non-hydrogen) atoms. The molecular weight excluding hydrogens is 353 g/mol. The second-order valence-corrected chi connectivity index (χ2v) is 6.61. The maximum atomic E-state index is 14.3. The molecule has 1 atom stereocenters. The van der Waals surface area contributed by atoms with E-state index in [9.17, 15) is 4.39 Å². The SMILES string of the molecule is CCCNC(Cc1sccc1Br)c1c(F)cccc1OC. The van der Waals surface area contributed by atoms with Crippen LogP contribution in [0.15, 0.2) is 34.1 Å². The van der Waals surface area contributed by atoms with Gasteiger partial charge in [0.05, 0.1) is 7.11 Å². The Bertz CT molecular complexity index is 587. The summed E-state index contributed by atoms with van der Waals surface area (Å²) in [6.07, 6.45) is 1.73. The topological polar surface area (TPSA) is 21.3 Å². The highest BCUT2D eigenvalue weighted by atomic mass is 79.9. The zero-order valence-electron chi connectivity index (χ0n) is 12.2. The van der Waals surface area contributed by atoms with Gasteiger partial charge >= 0.3 is 0 Å². The molecule has 2 rings (SSSR count). The van der Waals surface area contributed by atoms with E-state index in [1.807, 2.05) is 17.5 Å². The molecular formula is C16H19BrFNOS. The first kappa shape index (κ1) is 16.5. The third-order valence-electron chi connectivity index (χ3n) is 3.30. The summed E-state index contributed by atoms with van der Waals surface area (Å²) in [6.45, 7) is 2.94. The zero-order valence-corrected chi connectivity index (χ0v) is 14.6. The average Bonchev–Trinajstić information content (AvgIpc) is 2.88. The highest BCUT2D eigenvalue weighted by Gasteiger charge is 2.21. The minimum atomic E-state index is -0.226. The Morgan fingerprint density at radius 1 is 1.38 bits per heavy atom. The van der Waals surface area contributed by atoms with Crippen molar-refractivity contribution in [2.24, 2.45) is 0 Å². The Labute approximate surface area is 137 Å². The summed E-state index contributed by atoms with van der Waals surface area (Å²) in [7, 11) is 1.58. The van der Waals surface area contributed by atoms with Crippen LogP contribution in [0.3, 0.4) is 0 Å². The first-order chi connectivity index (χ1) is 10.2. The van der Waals surface area contributed by atoms with E-state index in [2.05, 4.69) is 28.2 Å². The minimum Gasteiger partial charge on any atom is -0.496 e. The monoisotopic (exact) mass is 371 g/mol. The van der Waals surface area contributed by atoms with Crippen LogP contribution in [0, 0.1) is 5.82 Å². The molecule has 0 fully saturated rings. The summed E-state index contributed by atoms with van der Waals surface area (Å²) in [6, 6.07) is 6.89. The van der Waals surface area contributed by atoms with Gasteiger partial charge in [0.1, 0.15) is 11.6 Å². The van der Waals surface area contributed by atoms with Crippen molar-refractivity contribution in [3.8, 4) is 5.75 Å². The number of hydrogen-bond donors (Lipinski definition) is 1. The van der Waals surface area contributed by atoms with Crippen molar-refractivity contribution in [3.63, 3.8) is 0 Å². The average molecular weight is 372 g/mol. The van der Waals surface area contributed by atoms with E-state index in [1.54, 1.807) is 24.5 Å². The second kappa shape index (κ2) is 7.92. The van der Waals surface area contributed by atoms with Gasteiger partial charge in [0, 0.05) is 27.4 Å². The quantitative estimate of drug-likeness (QED) is 0.743. The lowest BCUT2D eigenvalue weighted by molar-refractivity contribution is 0.389. The van der Waals surface area contributed by atoms with Crippen LogP contribution in [-0.4, -0.2) is 13.7 Å². The van der Waals surface area contributed by atoms with Crippen molar-refractivity contribution in [2.75, 3.05) is 13.7 Å². The number of rotatable bonds is 7. The molecule has 1 N–H and O–H groups in total. The number of halogens is 2. The molecule has 0 amide bonds. The Kier molecular flexibility index (Phi) is 6.21. The fourth-order valence-electron chi connectivity index (χ4n) is 2.28. The van der Waals surface area contributed by atoms with Gasteiger partial charge in [-0.25, -0.2) is 4.39 Å². The molecule has 0 aliphatic heterocycles. The standard InChI is InChI=1S/C16H19BrFNOS/c1-3-8-19-13(10-15-11(17)7-9-21-15)16-12(18)5-4-6-14(16)20-2/h4-7,9,13,19H,3,8,10H2,1-2H3. The number of ether oxygens (including phenoxy) is 1. The Morgan fingerprint density at radius 2 is 2.19 bits per heavy atom. The molecule has 5 heteroatoms. The third kappa shape index (κ3) is 4.05. The van der Waals surface area contributed by atoms with Crippen LogP contribution in [0.1, 0.15) is 29.8 Å². The van der Waals surface area contributed by atoms with E-state index in [4.69, 9.17) is 4.74 Å². The summed E-state index contributed by atoms with van der Waals surface area (Å²) in [5, 5.41) is 5.47. The van der Waals surface area contributed by atoms with E-state index >= 15 is 0 Å². The predicted octanol–water partition coefficient (Wildman–Crippen LogP) is 4.94. The number of hydrogen-bond acceptors (Lipinski definition) is 3. The van der Waals surface area contributed by atoms with Gasteiger partial charge in [0.2, 0.25) is 0 Å². The highest BCUT2D eigenvalue weighted by molar-refractivity contribution is 9.10. The molecule has 1 heterocycles. The van der Waals surface area contributed by atoms with Crippen LogP contribution in [0.2, 0.25) is 0 Å². The van der Waals surface area contributed by atoms with E-state index in [0.29, 0.717) is 11.3 Å². The van der Waals surface area contributed by atoms with Crippen LogP contribution in [0.25, 0.3) is 0 Å². The van der Waals surface area contributed by atoms with Gasteiger partial charge in [-0.05, 0) is 52.5 Å². The van der Waals surface area contributed by atoms with Crippen LogP contribution in [0.5, 0.6) is 5.75 Å². The summed E-state index contributed by atoms with van der Waals surface area (Å²) in [5.74, 6) is 0.368. The van der Waals surface area contributed by atoms with Gasteiger partial charge in [-0.15, -0.1) is 11.3 Å². The lowest BCUT2D eigenvalue weighted by atomic mass is 10.0. The normalized spacial score (nSPS) is 12.4. The molecule has 1 unspecified atom stereocenters. The molecule has 114 valence electrons. The molecule has 1 aromatic carbocycles. The third-order valence-corrected chi connectivity index (χ3v) is 5.25. The van der Waals surface area contributed by atoms with Crippen molar-refractivity contribution >= 4 is 27.3 Å². The number of thiophene rings is 1. The molecule has 2 nitrogen and oxygen atoms in total. The molecule has 0 spiro atoms. The lowest BCUT2D eigenvalue weighted by Crippen LogP contribution is -2.25. The smallest absolute Gasteiger partial charge is 0.131 e. The van der Waals surface area contributed by atoms with Crippen molar-refractivity contribution in [1.82, 2.24) is 5.32 Å². The van der Waals surface area contributed by atoms with Crippen LogP contribution in [-0.2, 0) is 6.42 Å². The maximum absolute atomic E-state index is 14.3. The van der Waals surface area contributed by atoms with Gasteiger partial charge < -0.3 is 10.1 Å². The first-order valence-electron chi connectivity index (χ1n) is 6.95. The van der Waals surface area contributed by atoms with Crippen molar-refractivity contribution in [3.05, 3.63) is 50.4 Å². The van der Waals surface area contributed by atoms with Gasteiger partial charge in [-0.2, -0.15) is 0 Å². The van der Waals surface area contributed by atoms with E-state index in [0.717, 1.165) is 23.9 Å². The Hall–Kier alpha value is -0.910. The summed E-state index contributed by atoms with van der Waals surface area (Å²) >= 11 is 5.22. The second-order valence-electron chi connectivity index (χ2n) is 4.76. The lowest BCUT2D eigenvalue weighted by Gasteiger charge is -2.21. The van der Waals surface area contributed by atoms with Gasteiger partial charge in [0.15, 0.2) is 0 Å². The van der Waals surface area contributed by atoms with Crippen LogP contribution in [0.4, 0.5) is 4.39 Å². The predicted molar refractivity (Wildman–Crippen MR) is 89.7 cm³/mol. The Morgan fingerprint density at radius 3 is 2.81 bits per heavy atom. The fraction of sp³-hybridized carbons (Fsp3) is 0.375. The molecule has 1 aromatic heterocycles. The van der Waals surface area contributed by atoms with Crippen molar-refractivity contribution in [1.29, 1.82) is 0 Å². The van der Waals surface area contributed by atoms with Crippen LogP contribution >= 0.6 is 27.3 Å². The molecule has 0 aliphatic carbocycles.